The van der Waals surface area contributed by atoms with Crippen LogP contribution in [0.2, 0.25) is 0 Å². The maximum Gasteiger partial charge on any atom is 0.308 e. The zero-order valence-corrected chi connectivity index (χ0v) is 12.2. The quantitative estimate of drug-likeness (QED) is 0.550. The third kappa shape index (κ3) is 5.62. The van der Waals surface area contributed by atoms with E-state index in [-0.39, 0.29) is 23.8 Å². The lowest BCUT2D eigenvalue weighted by atomic mass is 9.93. The fraction of sp³-hybridized carbons (Fsp3) is 0.867. The van der Waals surface area contributed by atoms with Crippen molar-refractivity contribution < 1.29 is 19.1 Å². The first-order valence-corrected chi connectivity index (χ1v) is 7.52. The summed E-state index contributed by atoms with van der Waals surface area (Å²) in [5.74, 6) is -0.546. The molecule has 1 aliphatic carbocycles. The lowest BCUT2D eigenvalue weighted by molar-refractivity contribution is -0.152. The molecule has 0 radical (unpaired) electrons. The first-order valence-electron chi connectivity index (χ1n) is 7.52. The van der Waals surface area contributed by atoms with Crippen LogP contribution in [0.25, 0.3) is 0 Å². The van der Waals surface area contributed by atoms with Crippen molar-refractivity contribution in [2.24, 2.45) is 11.8 Å². The van der Waals surface area contributed by atoms with E-state index in [1.165, 1.54) is 0 Å². The number of carbonyl (C=O) groups is 2. The molecule has 0 N–H and O–H groups in total. The maximum absolute atomic E-state index is 11.9. The Labute approximate surface area is 115 Å². The van der Waals surface area contributed by atoms with Crippen molar-refractivity contribution in [3.05, 3.63) is 0 Å². The van der Waals surface area contributed by atoms with Crippen molar-refractivity contribution in [1.82, 2.24) is 0 Å². The second kappa shape index (κ2) is 8.94. The van der Waals surface area contributed by atoms with E-state index in [1.54, 1.807) is 0 Å². The smallest absolute Gasteiger partial charge is 0.308 e. The minimum absolute atomic E-state index is 0.131. The highest BCUT2D eigenvalue weighted by Crippen LogP contribution is 2.29. The zero-order valence-electron chi connectivity index (χ0n) is 12.2. The van der Waals surface area contributed by atoms with E-state index in [4.69, 9.17) is 9.47 Å². The molecule has 0 aromatic rings. The van der Waals surface area contributed by atoms with Crippen LogP contribution in [0.5, 0.6) is 0 Å². The lowest BCUT2D eigenvalue weighted by Gasteiger charge is -2.18. The molecule has 0 heterocycles. The second-order valence-electron chi connectivity index (χ2n) is 5.25. The van der Waals surface area contributed by atoms with Crippen LogP contribution in [0, 0.1) is 11.8 Å². The van der Waals surface area contributed by atoms with Gasteiger partial charge < -0.3 is 9.47 Å². The van der Waals surface area contributed by atoms with Crippen LogP contribution < -0.4 is 0 Å². The molecule has 0 spiro atoms. The molecule has 1 saturated carbocycles. The Morgan fingerprint density at radius 1 is 0.895 bits per heavy atom. The van der Waals surface area contributed by atoms with Gasteiger partial charge in [0.05, 0.1) is 25.0 Å². The van der Waals surface area contributed by atoms with Crippen molar-refractivity contribution in [3.63, 3.8) is 0 Å². The first kappa shape index (κ1) is 16.0. The average molecular weight is 270 g/mol. The summed E-state index contributed by atoms with van der Waals surface area (Å²) in [6, 6.07) is 0. The van der Waals surface area contributed by atoms with E-state index < -0.39 is 0 Å². The standard InChI is InChI=1S/C15H26O4/c1-3-9-18-14(16)12-7-5-6-8-13(11-12)15(17)19-10-4-2/h12-13H,3-11H2,1-2H3. The molecule has 0 bridgehead atoms. The molecule has 1 fully saturated rings. The summed E-state index contributed by atoms with van der Waals surface area (Å²) in [4.78, 5) is 23.8. The molecule has 0 amide bonds. The minimum Gasteiger partial charge on any atom is -0.465 e. The van der Waals surface area contributed by atoms with Gasteiger partial charge in [-0.25, -0.2) is 0 Å². The van der Waals surface area contributed by atoms with Crippen LogP contribution in [0.3, 0.4) is 0 Å². The summed E-state index contributed by atoms with van der Waals surface area (Å²) in [5, 5.41) is 0. The largest absolute Gasteiger partial charge is 0.465 e. The lowest BCUT2D eigenvalue weighted by Crippen LogP contribution is -2.24. The molecule has 1 rings (SSSR count). The Kier molecular flexibility index (Phi) is 7.53. The Balaban J connectivity index is 2.50. The van der Waals surface area contributed by atoms with Gasteiger partial charge in [-0.05, 0) is 32.1 Å². The van der Waals surface area contributed by atoms with Gasteiger partial charge in [0.15, 0.2) is 0 Å². The SMILES string of the molecule is CCCOC(=O)C1CCCCC(C(=O)OCCC)C1. The number of carbonyl (C=O) groups excluding carboxylic acids is 2. The Hall–Kier alpha value is -1.06. The normalized spacial score (nSPS) is 23.5. The van der Waals surface area contributed by atoms with Crippen molar-refractivity contribution in [1.29, 1.82) is 0 Å². The van der Waals surface area contributed by atoms with Crippen LogP contribution in [-0.2, 0) is 19.1 Å². The van der Waals surface area contributed by atoms with Crippen LogP contribution in [0.4, 0.5) is 0 Å². The van der Waals surface area contributed by atoms with Crippen LogP contribution >= 0.6 is 0 Å². The number of rotatable bonds is 6. The van der Waals surface area contributed by atoms with Gasteiger partial charge >= 0.3 is 11.9 Å². The molecule has 0 aromatic heterocycles. The summed E-state index contributed by atoms with van der Waals surface area (Å²) in [6.07, 6.45) is 5.90. The fourth-order valence-electron chi connectivity index (χ4n) is 2.43. The molecule has 1 aliphatic rings. The van der Waals surface area contributed by atoms with E-state index in [1.807, 2.05) is 13.8 Å². The summed E-state index contributed by atoms with van der Waals surface area (Å²) >= 11 is 0. The fourth-order valence-corrected chi connectivity index (χ4v) is 2.43. The van der Waals surface area contributed by atoms with Gasteiger partial charge in [-0.3, -0.25) is 9.59 Å². The van der Waals surface area contributed by atoms with Crippen molar-refractivity contribution in [2.45, 2.75) is 58.8 Å². The third-order valence-corrected chi connectivity index (χ3v) is 3.49. The molecule has 0 saturated heterocycles. The minimum atomic E-state index is -0.142. The van der Waals surface area contributed by atoms with Gasteiger partial charge in [0.2, 0.25) is 0 Å². The van der Waals surface area contributed by atoms with Gasteiger partial charge in [-0.1, -0.05) is 26.7 Å². The number of hydrogen-bond acceptors (Lipinski definition) is 4. The van der Waals surface area contributed by atoms with E-state index in [2.05, 4.69) is 0 Å². The van der Waals surface area contributed by atoms with E-state index >= 15 is 0 Å². The van der Waals surface area contributed by atoms with Gasteiger partial charge in [0.25, 0.3) is 0 Å². The average Bonchev–Trinajstić information content (AvgIpc) is 2.68. The predicted octanol–water partition coefficient (Wildman–Crippen LogP) is 3.09. The first-order chi connectivity index (χ1) is 9.19. The Morgan fingerprint density at radius 2 is 1.32 bits per heavy atom. The van der Waals surface area contributed by atoms with E-state index in [0.717, 1.165) is 38.5 Å². The zero-order chi connectivity index (χ0) is 14.1. The monoisotopic (exact) mass is 270 g/mol. The maximum atomic E-state index is 11.9. The number of hydrogen-bond donors (Lipinski definition) is 0. The van der Waals surface area contributed by atoms with Crippen LogP contribution in [-0.4, -0.2) is 25.2 Å². The summed E-state index contributed by atoms with van der Waals surface area (Å²) in [6.45, 7) is 4.90. The molecule has 4 nitrogen and oxygen atoms in total. The van der Waals surface area contributed by atoms with Crippen molar-refractivity contribution >= 4 is 11.9 Å². The highest BCUT2D eigenvalue weighted by atomic mass is 16.5. The topological polar surface area (TPSA) is 52.6 Å². The predicted molar refractivity (Wildman–Crippen MR) is 72.6 cm³/mol. The number of ether oxygens (including phenoxy) is 2. The van der Waals surface area contributed by atoms with Gasteiger partial charge in [-0.2, -0.15) is 0 Å². The summed E-state index contributed by atoms with van der Waals surface area (Å²) in [7, 11) is 0. The highest BCUT2D eigenvalue weighted by Gasteiger charge is 2.31. The molecule has 19 heavy (non-hydrogen) atoms. The van der Waals surface area contributed by atoms with Gasteiger partial charge in [0.1, 0.15) is 0 Å². The molecule has 0 aliphatic heterocycles. The Morgan fingerprint density at radius 3 is 1.68 bits per heavy atom. The molecule has 0 aromatic carbocycles. The van der Waals surface area contributed by atoms with Crippen LogP contribution in [0.15, 0.2) is 0 Å². The molecular formula is C15H26O4. The Bertz CT molecular complexity index is 260. The van der Waals surface area contributed by atoms with Gasteiger partial charge in [0, 0.05) is 0 Å². The second-order valence-corrected chi connectivity index (χ2v) is 5.25. The molecule has 2 atom stereocenters. The van der Waals surface area contributed by atoms with E-state index in [9.17, 15) is 9.59 Å². The molecule has 2 unspecified atom stereocenters. The third-order valence-electron chi connectivity index (χ3n) is 3.49. The summed E-state index contributed by atoms with van der Waals surface area (Å²) < 4.78 is 10.4. The highest BCUT2D eigenvalue weighted by molar-refractivity contribution is 5.76. The van der Waals surface area contributed by atoms with Crippen molar-refractivity contribution in [3.8, 4) is 0 Å². The number of esters is 2. The summed E-state index contributed by atoms with van der Waals surface area (Å²) in [5.41, 5.74) is 0. The van der Waals surface area contributed by atoms with Crippen LogP contribution in [0.1, 0.15) is 58.8 Å². The molecular weight excluding hydrogens is 244 g/mol. The molecule has 4 heteroatoms. The van der Waals surface area contributed by atoms with E-state index in [0.29, 0.717) is 19.6 Å². The van der Waals surface area contributed by atoms with Crippen molar-refractivity contribution in [2.75, 3.05) is 13.2 Å². The molecule has 110 valence electrons. The van der Waals surface area contributed by atoms with Gasteiger partial charge in [-0.15, -0.1) is 0 Å².